The maximum Gasteiger partial charge on any atom is 0.398 e. The van der Waals surface area contributed by atoms with Gasteiger partial charge < -0.3 is 19.9 Å². The molecule has 10 nitrogen and oxygen atoms in total. The number of esters is 2. The smallest absolute Gasteiger partial charge is 0.398 e. The number of aryl methyl sites for hydroxylation is 1. The van der Waals surface area contributed by atoms with Gasteiger partial charge in [0.15, 0.2) is 0 Å². The average molecular weight is 573 g/mol. The minimum absolute atomic E-state index is 0.0264. The Labute approximate surface area is 237 Å². The van der Waals surface area contributed by atoms with E-state index < -0.39 is 41.4 Å². The lowest BCUT2D eigenvalue weighted by Gasteiger charge is -2.28. The van der Waals surface area contributed by atoms with Gasteiger partial charge in [-0.05, 0) is 62.6 Å². The van der Waals surface area contributed by atoms with Gasteiger partial charge in [0.05, 0.1) is 16.9 Å². The number of anilines is 2. The van der Waals surface area contributed by atoms with E-state index in [1.807, 2.05) is 0 Å². The molecule has 2 N–H and O–H groups in total. The molecule has 0 heterocycles. The Morgan fingerprint density at radius 2 is 1.77 bits per heavy atom. The maximum atomic E-state index is 13.5. The molecule has 214 valence electrons. The monoisotopic (exact) mass is 572 g/mol. The number of ether oxygens (including phenoxy) is 2. The number of rotatable bonds is 10. The van der Waals surface area contributed by atoms with Crippen LogP contribution in [-0.2, 0) is 41.5 Å². The summed E-state index contributed by atoms with van der Waals surface area (Å²) in [7, 11) is 0. The van der Waals surface area contributed by atoms with Gasteiger partial charge >= 0.3 is 23.8 Å². The predicted molar refractivity (Wildman–Crippen MR) is 150 cm³/mol. The topological polar surface area (TPSA) is 139 Å². The van der Waals surface area contributed by atoms with Crippen molar-refractivity contribution < 1.29 is 38.6 Å². The van der Waals surface area contributed by atoms with E-state index in [0.29, 0.717) is 17.5 Å². The first-order valence-corrected chi connectivity index (χ1v) is 12.8. The number of hydrogen-bond donors (Lipinski definition) is 2. The average Bonchev–Trinajstić information content (AvgIpc) is 2.86. The van der Waals surface area contributed by atoms with Crippen LogP contribution < -0.4 is 10.2 Å². The first kappa shape index (κ1) is 32.0. The number of carbonyl (C=O) groups is 5. The largest absolute Gasteiger partial charge is 0.478 e. The second-order valence-corrected chi connectivity index (χ2v) is 10.2. The number of carbonyl (C=O) groups excluding carboxylic acids is 4. The van der Waals surface area contributed by atoms with Gasteiger partial charge in [-0.1, -0.05) is 43.3 Å². The zero-order chi connectivity index (χ0) is 30.2. The molecule has 0 spiro atoms. The molecule has 2 rings (SSSR count). The fourth-order valence-electron chi connectivity index (χ4n) is 3.82. The summed E-state index contributed by atoms with van der Waals surface area (Å²) in [5.74, 6) is -4.72. The minimum Gasteiger partial charge on any atom is -0.478 e. The lowest BCUT2D eigenvalue weighted by atomic mass is 9.99. The van der Waals surface area contributed by atoms with Crippen LogP contribution in [0.3, 0.4) is 0 Å². The number of halogens is 1. The zero-order valence-electron chi connectivity index (χ0n) is 23.1. The van der Waals surface area contributed by atoms with Crippen LogP contribution in [0.1, 0.15) is 56.1 Å². The van der Waals surface area contributed by atoms with E-state index in [1.165, 1.54) is 37.3 Å². The molecular weight excluding hydrogens is 540 g/mol. The molecule has 0 bridgehead atoms. The maximum absolute atomic E-state index is 13.5. The molecule has 2 aromatic carbocycles. The van der Waals surface area contributed by atoms with Gasteiger partial charge in [0.1, 0.15) is 18.2 Å². The molecule has 0 saturated carbocycles. The number of carboxylic acid groups (broad SMARTS) is 1. The lowest BCUT2D eigenvalue weighted by Crippen LogP contribution is -2.42. The Morgan fingerprint density at radius 1 is 1.10 bits per heavy atom. The number of benzene rings is 2. The molecule has 1 atom stereocenters. The summed E-state index contributed by atoms with van der Waals surface area (Å²) in [5.41, 5.74) is 0.0114. The van der Waals surface area contributed by atoms with E-state index in [-0.39, 0.29) is 35.0 Å². The highest BCUT2D eigenvalue weighted by Gasteiger charge is 2.33. The van der Waals surface area contributed by atoms with Crippen molar-refractivity contribution in [3.05, 3.63) is 70.8 Å². The Bertz CT molecular complexity index is 1320. The van der Waals surface area contributed by atoms with Crippen LogP contribution in [0.15, 0.2) is 49.1 Å². The summed E-state index contributed by atoms with van der Waals surface area (Å²) in [6.07, 6.45) is 1.83. The van der Waals surface area contributed by atoms with E-state index >= 15 is 0 Å². The predicted octanol–water partition coefficient (Wildman–Crippen LogP) is 4.38. The van der Waals surface area contributed by atoms with Crippen molar-refractivity contribution in [1.29, 1.82) is 0 Å². The highest BCUT2D eigenvalue weighted by atomic mass is 35.5. The Hall–Kier alpha value is -4.18. The van der Waals surface area contributed by atoms with Gasteiger partial charge in [0.2, 0.25) is 5.91 Å². The number of nitrogens with zero attached hydrogens (tertiary/aromatic N) is 1. The molecule has 0 aliphatic rings. The van der Waals surface area contributed by atoms with Gasteiger partial charge in [-0.3, -0.25) is 14.5 Å². The number of nitrogens with one attached hydrogen (secondary N) is 1. The fourth-order valence-corrected chi connectivity index (χ4v) is 3.98. The summed E-state index contributed by atoms with van der Waals surface area (Å²) in [4.78, 5) is 63.7. The Balaban J connectivity index is 2.66. The third-order valence-corrected chi connectivity index (χ3v) is 5.65. The quantitative estimate of drug-likeness (QED) is 0.243. The van der Waals surface area contributed by atoms with Crippen molar-refractivity contribution in [2.75, 3.05) is 11.5 Å². The molecule has 0 aromatic heterocycles. The van der Waals surface area contributed by atoms with Gasteiger partial charge in [0.25, 0.3) is 0 Å². The van der Waals surface area contributed by atoms with Crippen LogP contribution in [0.2, 0.25) is 5.02 Å². The van der Waals surface area contributed by atoms with Crippen LogP contribution in [-0.4, -0.2) is 53.1 Å². The van der Waals surface area contributed by atoms with Crippen LogP contribution in [0.5, 0.6) is 0 Å². The first-order chi connectivity index (χ1) is 18.7. The second kappa shape index (κ2) is 13.7. The molecule has 1 unspecified atom stereocenters. The molecule has 0 aliphatic carbocycles. The summed E-state index contributed by atoms with van der Waals surface area (Å²) < 4.78 is 10.4. The zero-order valence-corrected chi connectivity index (χ0v) is 23.8. The third-order valence-electron chi connectivity index (χ3n) is 5.42. The van der Waals surface area contributed by atoms with Crippen LogP contribution in [0, 0.1) is 0 Å². The van der Waals surface area contributed by atoms with E-state index in [9.17, 15) is 29.1 Å². The molecular formula is C29H33ClN2O8. The fraction of sp³-hybridized carbons (Fsp3) is 0.345. The van der Waals surface area contributed by atoms with Crippen molar-refractivity contribution in [3.63, 3.8) is 0 Å². The van der Waals surface area contributed by atoms with E-state index in [4.69, 9.17) is 21.1 Å². The summed E-state index contributed by atoms with van der Waals surface area (Å²) in [6, 6.07) is 7.73. The van der Waals surface area contributed by atoms with E-state index in [2.05, 4.69) is 11.9 Å². The minimum atomic E-state index is -1.33. The first-order valence-electron chi connectivity index (χ1n) is 12.4. The third kappa shape index (κ3) is 8.67. The van der Waals surface area contributed by atoms with Crippen LogP contribution in [0.25, 0.3) is 0 Å². The highest BCUT2D eigenvalue weighted by Crippen LogP contribution is 2.35. The lowest BCUT2D eigenvalue weighted by molar-refractivity contribution is -0.162. The molecule has 2 aromatic rings. The van der Waals surface area contributed by atoms with Crippen molar-refractivity contribution in [3.8, 4) is 0 Å². The summed E-state index contributed by atoms with van der Waals surface area (Å²) in [5, 5.41) is 12.5. The van der Waals surface area contributed by atoms with Crippen molar-refractivity contribution in [1.82, 2.24) is 5.32 Å². The van der Waals surface area contributed by atoms with Gasteiger partial charge in [0, 0.05) is 18.4 Å². The highest BCUT2D eigenvalue weighted by molar-refractivity contribution is 6.40. The number of hydrogen-bond acceptors (Lipinski definition) is 7. The van der Waals surface area contributed by atoms with Crippen molar-refractivity contribution in [2.45, 2.75) is 59.1 Å². The van der Waals surface area contributed by atoms with Crippen molar-refractivity contribution >= 4 is 52.7 Å². The normalized spacial score (nSPS) is 11.7. The molecule has 11 heteroatoms. The summed E-state index contributed by atoms with van der Waals surface area (Å²) in [6.45, 7) is 11.4. The second-order valence-electron chi connectivity index (χ2n) is 9.80. The van der Waals surface area contributed by atoms with Gasteiger partial charge in [-0.15, -0.1) is 0 Å². The van der Waals surface area contributed by atoms with E-state index in [1.54, 1.807) is 39.8 Å². The van der Waals surface area contributed by atoms with Crippen LogP contribution >= 0.6 is 11.6 Å². The van der Waals surface area contributed by atoms with Gasteiger partial charge in [-0.2, -0.15) is 0 Å². The molecule has 0 radical (unpaired) electrons. The number of amides is 2. The van der Waals surface area contributed by atoms with E-state index in [0.717, 1.165) is 4.90 Å². The van der Waals surface area contributed by atoms with Crippen LogP contribution in [0.4, 0.5) is 11.4 Å². The standard InChI is InChI=1S/C29H33ClN2O8/c1-7-13-39-27(37)22(31-17(3)33)15-18-9-12-23(19(8-2)14-18)32(25(34)28(38)40-29(4,5)6)24-16-20(30)10-11-21(24)26(35)36/h7,9-12,14,16,22H,1,8,13,15H2,2-6H3,(H,31,33)(H,35,36). The Morgan fingerprint density at radius 3 is 2.33 bits per heavy atom. The molecule has 0 saturated heterocycles. The number of aromatic carboxylic acids is 1. The molecule has 0 fully saturated rings. The SMILES string of the molecule is C=CCOC(=O)C(Cc1ccc(N(C(=O)C(=O)OC(C)(C)C)c2cc(Cl)ccc2C(=O)O)c(CC)c1)NC(C)=O. The molecule has 40 heavy (non-hydrogen) atoms. The Kier molecular flexibility index (Phi) is 11.0. The molecule has 2 amide bonds. The summed E-state index contributed by atoms with van der Waals surface area (Å²) >= 11 is 6.18. The van der Waals surface area contributed by atoms with Gasteiger partial charge in [-0.25, -0.2) is 14.4 Å². The molecule has 0 aliphatic heterocycles. The van der Waals surface area contributed by atoms with Crippen molar-refractivity contribution in [2.24, 2.45) is 0 Å². The number of carboxylic acids is 1.